The summed E-state index contributed by atoms with van der Waals surface area (Å²) in [5.74, 6) is 0.684. The van der Waals surface area contributed by atoms with Crippen molar-refractivity contribution in [2.75, 3.05) is 20.2 Å². The smallest absolute Gasteiger partial charge is 0.378 e. The number of nitrogens with one attached hydrogen (secondary N) is 2. The van der Waals surface area contributed by atoms with Gasteiger partial charge in [0, 0.05) is 43.5 Å². The van der Waals surface area contributed by atoms with E-state index in [1.807, 2.05) is 6.92 Å². The van der Waals surface area contributed by atoms with Crippen molar-refractivity contribution < 1.29 is 17.9 Å². The van der Waals surface area contributed by atoms with Gasteiger partial charge >= 0.3 is 6.18 Å². The molecule has 146 valence electrons. The number of alkyl halides is 3. The molecule has 2 atom stereocenters. The first kappa shape index (κ1) is 19.4. The topological polar surface area (TPSA) is 58.5 Å². The van der Waals surface area contributed by atoms with Crippen molar-refractivity contribution in [2.45, 2.75) is 57.3 Å². The zero-order valence-electron chi connectivity index (χ0n) is 15.0. The molecule has 2 aliphatic rings. The van der Waals surface area contributed by atoms with E-state index in [1.165, 1.54) is 19.3 Å². The lowest BCUT2D eigenvalue weighted by atomic mass is 9.51. The molecule has 0 aromatic carbocycles. The van der Waals surface area contributed by atoms with Crippen molar-refractivity contribution in [3.8, 4) is 0 Å². The van der Waals surface area contributed by atoms with E-state index in [0.29, 0.717) is 36.1 Å². The van der Waals surface area contributed by atoms with Crippen molar-refractivity contribution in [3.05, 3.63) is 16.1 Å². The molecule has 3 rings (SSSR count). The predicted molar refractivity (Wildman–Crippen MR) is 95.4 cm³/mol. The number of nitrogens with zero attached hydrogens (tertiary/aromatic N) is 2. The highest BCUT2D eigenvalue weighted by atomic mass is 32.1. The number of hydrogen-bond acceptors (Lipinski definition) is 4. The summed E-state index contributed by atoms with van der Waals surface area (Å²) in [6.07, 6.45) is 0.928. The number of ether oxygens (including phenoxy) is 1. The molecule has 2 fully saturated rings. The van der Waals surface area contributed by atoms with Gasteiger partial charge in [-0.1, -0.05) is 6.42 Å². The third-order valence-electron chi connectivity index (χ3n) is 5.45. The Labute approximate surface area is 155 Å². The summed E-state index contributed by atoms with van der Waals surface area (Å²) in [7, 11) is 1.70. The highest BCUT2D eigenvalue weighted by molar-refractivity contribution is 7.09. The second kappa shape index (κ2) is 7.72. The van der Waals surface area contributed by atoms with Crippen molar-refractivity contribution in [3.63, 3.8) is 0 Å². The molecule has 2 N–H and O–H groups in total. The van der Waals surface area contributed by atoms with Crippen molar-refractivity contribution in [2.24, 2.45) is 10.4 Å². The van der Waals surface area contributed by atoms with E-state index in [2.05, 4.69) is 20.6 Å². The summed E-state index contributed by atoms with van der Waals surface area (Å²) in [6, 6.07) is 0.343. The lowest BCUT2D eigenvalue weighted by Gasteiger charge is -2.61. The Morgan fingerprint density at radius 1 is 1.46 bits per heavy atom. The van der Waals surface area contributed by atoms with Crippen LogP contribution in [0.2, 0.25) is 0 Å². The fourth-order valence-corrected chi connectivity index (χ4v) is 4.65. The van der Waals surface area contributed by atoms with Crippen LogP contribution >= 0.6 is 11.3 Å². The van der Waals surface area contributed by atoms with Gasteiger partial charge in [0.25, 0.3) is 0 Å². The average molecular weight is 390 g/mol. The molecule has 2 unspecified atom stereocenters. The molecular weight excluding hydrogens is 365 g/mol. The summed E-state index contributed by atoms with van der Waals surface area (Å²) >= 11 is 1.04. The van der Waals surface area contributed by atoms with Gasteiger partial charge in [-0.25, -0.2) is 4.98 Å². The zero-order chi connectivity index (χ0) is 18.8. The minimum atomic E-state index is -4.38. The monoisotopic (exact) mass is 390 g/mol. The van der Waals surface area contributed by atoms with Crippen LogP contribution in [-0.4, -0.2) is 43.3 Å². The van der Waals surface area contributed by atoms with Crippen molar-refractivity contribution >= 4 is 17.3 Å². The minimum Gasteiger partial charge on any atom is -0.378 e. The normalized spacial score (nSPS) is 24.9. The van der Waals surface area contributed by atoms with E-state index in [4.69, 9.17) is 4.74 Å². The number of rotatable bonds is 6. The molecule has 26 heavy (non-hydrogen) atoms. The second-order valence-electron chi connectivity index (χ2n) is 6.84. The average Bonchev–Trinajstić information content (AvgIpc) is 2.99. The molecule has 0 aliphatic heterocycles. The number of aliphatic imine (C=N–C) groups is 1. The van der Waals surface area contributed by atoms with Gasteiger partial charge in [-0.2, -0.15) is 13.2 Å². The Kier molecular flexibility index (Phi) is 5.76. The molecule has 0 bridgehead atoms. The number of hydrogen-bond donors (Lipinski definition) is 2. The van der Waals surface area contributed by atoms with Crippen LogP contribution < -0.4 is 10.6 Å². The summed E-state index contributed by atoms with van der Waals surface area (Å²) in [6.45, 7) is 3.25. The third-order valence-corrected chi connectivity index (χ3v) is 6.35. The predicted octanol–water partition coefficient (Wildman–Crippen LogP) is 3.22. The molecule has 9 heteroatoms. The Balaban J connectivity index is 1.46. The van der Waals surface area contributed by atoms with Crippen LogP contribution in [0.3, 0.4) is 0 Å². The third kappa shape index (κ3) is 3.83. The first-order chi connectivity index (χ1) is 12.4. The van der Waals surface area contributed by atoms with Crippen LogP contribution in [-0.2, 0) is 17.3 Å². The molecule has 5 nitrogen and oxygen atoms in total. The lowest BCUT2D eigenvalue weighted by Crippen LogP contribution is -2.68. The van der Waals surface area contributed by atoms with Crippen LogP contribution in [0.1, 0.15) is 43.3 Å². The fraction of sp³-hybridized carbons (Fsp3) is 0.765. The van der Waals surface area contributed by atoms with E-state index >= 15 is 0 Å². The quantitative estimate of drug-likeness (QED) is 0.578. The molecule has 0 saturated heterocycles. The van der Waals surface area contributed by atoms with Crippen LogP contribution in [0.15, 0.2) is 10.4 Å². The zero-order valence-corrected chi connectivity index (χ0v) is 15.8. The molecular formula is C17H25F3N4OS. The maximum absolute atomic E-state index is 12.6. The van der Waals surface area contributed by atoms with Crippen LogP contribution in [0.25, 0.3) is 0 Å². The van der Waals surface area contributed by atoms with Gasteiger partial charge in [0.2, 0.25) is 0 Å². The van der Waals surface area contributed by atoms with E-state index in [-0.39, 0.29) is 5.41 Å². The molecule has 2 saturated carbocycles. The van der Waals surface area contributed by atoms with E-state index in [9.17, 15) is 13.2 Å². The van der Waals surface area contributed by atoms with E-state index in [1.54, 1.807) is 7.05 Å². The van der Waals surface area contributed by atoms with E-state index in [0.717, 1.165) is 29.7 Å². The summed E-state index contributed by atoms with van der Waals surface area (Å²) in [4.78, 5) is 7.88. The number of guanidine groups is 1. The standard InChI is InChI=1S/C17H25F3N4OS/c1-3-25-13-9-11(16(13)6-4-7-16)24-15(21-2)22-8-5-14-23-12(10-26-14)17(18,19)20/h10-11,13H,3-9H2,1-2H3,(H2,21,22,24). The van der Waals surface area contributed by atoms with E-state index < -0.39 is 11.9 Å². The maximum atomic E-state index is 12.6. The molecule has 1 heterocycles. The first-order valence-corrected chi connectivity index (χ1v) is 9.87. The largest absolute Gasteiger partial charge is 0.434 e. The molecule has 1 spiro atoms. The number of aromatic nitrogens is 1. The lowest BCUT2D eigenvalue weighted by molar-refractivity contribution is -0.168. The van der Waals surface area contributed by atoms with Gasteiger partial charge in [0.1, 0.15) is 0 Å². The Morgan fingerprint density at radius 3 is 2.77 bits per heavy atom. The van der Waals surface area contributed by atoms with Gasteiger partial charge in [0.15, 0.2) is 11.7 Å². The van der Waals surface area contributed by atoms with Crippen molar-refractivity contribution in [1.82, 2.24) is 15.6 Å². The van der Waals surface area contributed by atoms with Gasteiger partial charge < -0.3 is 15.4 Å². The maximum Gasteiger partial charge on any atom is 0.434 e. The first-order valence-electron chi connectivity index (χ1n) is 8.99. The second-order valence-corrected chi connectivity index (χ2v) is 7.78. The minimum absolute atomic E-state index is 0.227. The van der Waals surface area contributed by atoms with Crippen LogP contribution in [0.5, 0.6) is 0 Å². The van der Waals surface area contributed by atoms with Gasteiger partial charge in [-0.15, -0.1) is 11.3 Å². The van der Waals surface area contributed by atoms with Crippen LogP contribution in [0.4, 0.5) is 13.2 Å². The van der Waals surface area contributed by atoms with Gasteiger partial charge in [-0.05, 0) is 26.2 Å². The Morgan fingerprint density at radius 2 is 2.23 bits per heavy atom. The highest BCUT2D eigenvalue weighted by Gasteiger charge is 2.59. The molecule has 1 aromatic rings. The molecule has 0 radical (unpaired) electrons. The summed E-state index contributed by atoms with van der Waals surface area (Å²) in [5, 5.41) is 8.17. The number of thiazole rings is 1. The summed E-state index contributed by atoms with van der Waals surface area (Å²) in [5.41, 5.74) is -0.590. The van der Waals surface area contributed by atoms with Gasteiger partial charge in [-0.3, -0.25) is 4.99 Å². The Bertz CT molecular complexity index is 642. The molecule has 1 aromatic heterocycles. The van der Waals surface area contributed by atoms with Crippen LogP contribution in [0, 0.1) is 5.41 Å². The Hall–Kier alpha value is -1.35. The van der Waals surface area contributed by atoms with Crippen molar-refractivity contribution in [1.29, 1.82) is 0 Å². The SMILES string of the molecule is CCOC1CC(NC(=NC)NCCc2nc(C(F)(F)F)cs2)C12CCC2. The van der Waals surface area contributed by atoms with Gasteiger partial charge in [0.05, 0.1) is 11.1 Å². The molecule has 2 aliphatic carbocycles. The summed E-state index contributed by atoms with van der Waals surface area (Å²) < 4.78 is 43.6. The number of halogens is 3. The highest BCUT2D eigenvalue weighted by Crippen LogP contribution is 2.57. The molecule has 0 amide bonds. The fourth-order valence-electron chi connectivity index (χ4n) is 3.84.